The third-order valence-electron chi connectivity index (χ3n) is 3.62. The molecule has 2 aromatic carbocycles. The molecule has 8 nitrogen and oxygen atoms in total. The van der Waals surface area contributed by atoms with Gasteiger partial charge < -0.3 is 9.47 Å². The van der Waals surface area contributed by atoms with Crippen molar-refractivity contribution in [1.29, 1.82) is 0 Å². The van der Waals surface area contributed by atoms with Crippen LogP contribution in [0, 0.1) is 0 Å². The molecule has 0 atom stereocenters. The molecule has 0 aliphatic carbocycles. The van der Waals surface area contributed by atoms with Gasteiger partial charge in [0.05, 0.1) is 31.4 Å². The Kier molecular flexibility index (Phi) is 6.91. The summed E-state index contributed by atoms with van der Waals surface area (Å²) in [5.74, 6) is 0.578. The van der Waals surface area contributed by atoms with Crippen molar-refractivity contribution in [3.63, 3.8) is 0 Å². The molecule has 0 heterocycles. The second kappa shape index (κ2) is 9.15. The van der Waals surface area contributed by atoms with E-state index in [-0.39, 0.29) is 4.90 Å². The van der Waals surface area contributed by atoms with Crippen LogP contribution >= 0.6 is 0 Å². The van der Waals surface area contributed by atoms with Crippen molar-refractivity contribution in [2.24, 2.45) is 5.10 Å². The average Bonchev–Trinajstić information content (AvgIpc) is 2.70. The summed E-state index contributed by atoms with van der Waals surface area (Å²) in [7, 11) is -0.698. The first-order valence-corrected chi connectivity index (χ1v) is 9.46. The van der Waals surface area contributed by atoms with Gasteiger partial charge in [0.25, 0.3) is 5.91 Å². The molecule has 144 valence electrons. The predicted molar refractivity (Wildman–Crippen MR) is 102 cm³/mol. The Morgan fingerprint density at radius 3 is 2.41 bits per heavy atom. The van der Waals surface area contributed by atoms with E-state index in [1.54, 1.807) is 50.4 Å². The van der Waals surface area contributed by atoms with Gasteiger partial charge in [-0.05, 0) is 37.3 Å². The van der Waals surface area contributed by atoms with Gasteiger partial charge in [-0.1, -0.05) is 18.2 Å². The van der Waals surface area contributed by atoms with Crippen LogP contribution in [-0.4, -0.2) is 40.8 Å². The fourth-order valence-electron chi connectivity index (χ4n) is 2.19. The van der Waals surface area contributed by atoms with E-state index in [1.165, 1.54) is 19.2 Å². The van der Waals surface area contributed by atoms with Crippen molar-refractivity contribution in [2.75, 3.05) is 20.8 Å². The third kappa shape index (κ3) is 5.53. The topological polar surface area (TPSA) is 106 Å². The lowest BCUT2D eigenvalue weighted by molar-refractivity contribution is -0.119. The van der Waals surface area contributed by atoms with Gasteiger partial charge in [0.1, 0.15) is 11.5 Å². The molecule has 2 rings (SSSR count). The highest BCUT2D eigenvalue weighted by molar-refractivity contribution is 7.89. The van der Waals surface area contributed by atoms with Crippen molar-refractivity contribution >= 4 is 21.6 Å². The van der Waals surface area contributed by atoms with Crippen molar-refractivity contribution in [3.05, 3.63) is 54.1 Å². The van der Waals surface area contributed by atoms with Crippen molar-refractivity contribution in [2.45, 2.75) is 11.8 Å². The quantitative estimate of drug-likeness (QED) is 0.524. The number of sulfonamides is 1. The Bertz CT molecular complexity index is 927. The zero-order valence-corrected chi connectivity index (χ0v) is 16.0. The molecule has 0 unspecified atom stereocenters. The first-order chi connectivity index (χ1) is 12.9. The standard InChI is InChI=1S/C18H21N3O5S/c1-13(16-11-14(25-2)9-10-17(16)26-3)20-21-18(22)12-19-27(23,24)15-7-5-4-6-8-15/h4-11,19H,12H2,1-3H3,(H,21,22)/b20-13-. The average molecular weight is 391 g/mol. The van der Waals surface area contributed by atoms with E-state index < -0.39 is 22.5 Å². The fraction of sp³-hybridized carbons (Fsp3) is 0.222. The van der Waals surface area contributed by atoms with E-state index in [2.05, 4.69) is 15.2 Å². The third-order valence-corrected chi connectivity index (χ3v) is 5.04. The Morgan fingerprint density at radius 1 is 1.07 bits per heavy atom. The van der Waals surface area contributed by atoms with Gasteiger partial charge in [0.2, 0.25) is 10.0 Å². The molecule has 0 saturated heterocycles. The predicted octanol–water partition coefficient (Wildman–Crippen LogP) is 1.52. The highest BCUT2D eigenvalue weighted by atomic mass is 32.2. The molecular formula is C18H21N3O5S. The minimum Gasteiger partial charge on any atom is -0.497 e. The maximum Gasteiger partial charge on any atom is 0.255 e. The summed E-state index contributed by atoms with van der Waals surface area (Å²) in [6.07, 6.45) is 0. The smallest absolute Gasteiger partial charge is 0.255 e. The fourth-order valence-corrected chi connectivity index (χ4v) is 3.19. The Labute approximate surface area is 158 Å². The number of carbonyl (C=O) groups excluding carboxylic acids is 1. The lowest BCUT2D eigenvalue weighted by Crippen LogP contribution is -2.35. The molecule has 0 radical (unpaired) electrons. The number of rotatable bonds is 8. The molecule has 2 aromatic rings. The van der Waals surface area contributed by atoms with Crippen molar-refractivity contribution in [3.8, 4) is 11.5 Å². The number of methoxy groups -OCH3 is 2. The lowest BCUT2D eigenvalue weighted by Gasteiger charge is -2.10. The summed E-state index contributed by atoms with van der Waals surface area (Å²) >= 11 is 0. The maximum atomic E-state index is 12.1. The van der Waals surface area contributed by atoms with Gasteiger partial charge in [-0.2, -0.15) is 5.10 Å². The summed E-state index contributed by atoms with van der Waals surface area (Å²) in [5, 5.41) is 4.00. The van der Waals surface area contributed by atoms with Gasteiger partial charge in [-0.3, -0.25) is 4.79 Å². The van der Waals surface area contributed by atoms with Gasteiger partial charge in [-0.15, -0.1) is 0 Å². The normalized spacial score (nSPS) is 11.7. The summed E-state index contributed by atoms with van der Waals surface area (Å²) in [5.41, 5.74) is 3.44. The van der Waals surface area contributed by atoms with E-state index in [9.17, 15) is 13.2 Å². The van der Waals surface area contributed by atoms with Crippen LogP contribution in [0.15, 0.2) is 58.5 Å². The second-order valence-electron chi connectivity index (χ2n) is 5.44. The zero-order valence-electron chi connectivity index (χ0n) is 15.2. The number of carbonyl (C=O) groups is 1. The number of ether oxygens (including phenoxy) is 2. The Morgan fingerprint density at radius 2 is 1.78 bits per heavy atom. The van der Waals surface area contributed by atoms with Crippen LogP contribution in [-0.2, 0) is 14.8 Å². The van der Waals surface area contributed by atoms with Crippen LogP contribution in [0.2, 0.25) is 0 Å². The summed E-state index contributed by atoms with van der Waals surface area (Å²) < 4.78 is 36.9. The molecule has 0 aromatic heterocycles. The van der Waals surface area contributed by atoms with E-state index in [0.717, 1.165) is 0 Å². The number of hydrazone groups is 1. The molecule has 1 amide bonds. The number of benzene rings is 2. The molecule has 0 aliphatic heterocycles. The molecule has 0 fully saturated rings. The number of hydrogen-bond acceptors (Lipinski definition) is 6. The maximum absolute atomic E-state index is 12.1. The highest BCUT2D eigenvalue weighted by Crippen LogP contribution is 2.24. The van der Waals surface area contributed by atoms with E-state index >= 15 is 0 Å². The molecule has 27 heavy (non-hydrogen) atoms. The molecule has 0 bridgehead atoms. The lowest BCUT2D eigenvalue weighted by atomic mass is 10.1. The van der Waals surface area contributed by atoms with E-state index in [0.29, 0.717) is 22.8 Å². The second-order valence-corrected chi connectivity index (χ2v) is 7.20. The van der Waals surface area contributed by atoms with Gasteiger partial charge >= 0.3 is 0 Å². The highest BCUT2D eigenvalue weighted by Gasteiger charge is 2.15. The van der Waals surface area contributed by atoms with Gasteiger partial charge in [0.15, 0.2) is 0 Å². The first-order valence-electron chi connectivity index (χ1n) is 7.97. The minimum absolute atomic E-state index is 0.0820. The number of amides is 1. The molecular weight excluding hydrogens is 370 g/mol. The van der Waals surface area contributed by atoms with Crippen LogP contribution in [0.25, 0.3) is 0 Å². The van der Waals surface area contributed by atoms with Crippen LogP contribution in [0.5, 0.6) is 11.5 Å². The molecule has 0 saturated carbocycles. The largest absolute Gasteiger partial charge is 0.497 e. The van der Waals surface area contributed by atoms with Gasteiger partial charge in [0, 0.05) is 5.56 Å². The molecule has 9 heteroatoms. The first kappa shape index (κ1) is 20.4. The minimum atomic E-state index is -3.76. The molecule has 2 N–H and O–H groups in total. The summed E-state index contributed by atoms with van der Waals surface area (Å²) in [6.45, 7) is 1.25. The number of nitrogens with zero attached hydrogens (tertiary/aromatic N) is 1. The van der Waals surface area contributed by atoms with E-state index in [4.69, 9.17) is 9.47 Å². The monoisotopic (exact) mass is 391 g/mol. The molecule has 0 spiro atoms. The SMILES string of the molecule is COc1ccc(OC)c(/C(C)=N\NC(=O)CNS(=O)(=O)c2ccccc2)c1. The summed E-state index contributed by atoms with van der Waals surface area (Å²) in [6, 6.07) is 13.0. The van der Waals surface area contributed by atoms with E-state index in [1.807, 2.05) is 0 Å². The summed E-state index contributed by atoms with van der Waals surface area (Å²) in [4.78, 5) is 12.0. The van der Waals surface area contributed by atoms with Crippen molar-refractivity contribution in [1.82, 2.24) is 10.1 Å². The van der Waals surface area contributed by atoms with Crippen LogP contribution in [0.4, 0.5) is 0 Å². The Hall–Kier alpha value is -2.91. The Balaban J connectivity index is 2.02. The molecule has 0 aliphatic rings. The van der Waals surface area contributed by atoms with Crippen LogP contribution in [0.3, 0.4) is 0 Å². The van der Waals surface area contributed by atoms with Crippen molar-refractivity contribution < 1.29 is 22.7 Å². The van der Waals surface area contributed by atoms with Gasteiger partial charge in [-0.25, -0.2) is 18.6 Å². The van der Waals surface area contributed by atoms with Crippen LogP contribution < -0.4 is 19.6 Å². The number of nitrogens with one attached hydrogen (secondary N) is 2. The van der Waals surface area contributed by atoms with Crippen LogP contribution in [0.1, 0.15) is 12.5 Å². The zero-order chi connectivity index (χ0) is 19.9. The number of hydrogen-bond donors (Lipinski definition) is 2.